The molecule has 0 saturated heterocycles. The fourth-order valence-corrected chi connectivity index (χ4v) is 1.85. The summed E-state index contributed by atoms with van der Waals surface area (Å²) in [6.45, 7) is 2.06. The summed E-state index contributed by atoms with van der Waals surface area (Å²) in [6, 6.07) is 0. The molecule has 0 fully saturated rings. The summed E-state index contributed by atoms with van der Waals surface area (Å²) in [5, 5.41) is 0. The molecule has 1 heterocycles. The summed E-state index contributed by atoms with van der Waals surface area (Å²) < 4.78 is 0. The predicted octanol–water partition coefficient (Wildman–Crippen LogP) is 2.05. The lowest BCUT2D eigenvalue weighted by molar-refractivity contribution is 0.517. The fourth-order valence-electron chi connectivity index (χ4n) is 0.612. The van der Waals surface area contributed by atoms with Crippen molar-refractivity contribution in [1.29, 1.82) is 0 Å². The van der Waals surface area contributed by atoms with Crippen LogP contribution < -0.4 is 0 Å². The first-order valence-corrected chi connectivity index (χ1v) is 3.73. The van der Waals surface area contributed by atoms with E-state index in [1.165, 1.54) is 4.91 Å². The van der Waals surface area contributed by atoms with Gasteiger partial charge in [-0.15, -0.1) is 0 Å². The lowest BCUT2D eigenvalue weighted by Crippen LogP contribution is -2.12. The Hall–Kier alpha value is 0.180. The highest BCUT2D eigenvalue weighted by Crippen LogP contribution is 2.32. The molecule has 0 aliphatic carbocycles. The van der Waals surface area contributed by atoms with E-state index in [1.54, 1.807) is 11.8 Å². The smallest absolute Gasteiger partial charge is 0.154 e. The summed E-state index contributed by atoms with van der Waals surface area (Å²) in [4.78, 5) is 3.39. The number of rotatable bonds is 0. The second-order valence-corrected chi connectivity index (χ2v) is 3.81. The Kier molecular flexibility index (Phi) is 1.73. The van der Waals surface area contributed by atoms with Crippen LogP contribution >= 0.6 is 23.4 Å². The molecular formula is C5H8ClNS. The van der Waals surface area contributed by atoms with Gasteiger partial charge in [-0.2, -0.15) is 0 Å². The topological polar surface area (TPSA) is 3.24 Å². The lowest BCUT2D eigenvalue weighted by Gasteiger charge is -2.10. The Morgan fingerprint density at radius 1 is 1.88 bits per heavy atom. The molecule has 1 atom stereocenters. The average molecular weight is 150 g/mol. The molecule has 8 heavy (non-hydrogen) atoms. The molecule has 0 unspecified atom stereocenters. The van der Waals surface area contributed by atoms with Crippen LogP contribution in [0.2, 0.25) is 0 Å². The quantitative estimate of drug-likeness (QED) is 0.383. The minimum absolute atomic E-state index is 0.120. The molecule has 1 aliphatic rings. The van der Waals surface area contributed by atoms with E-state index in [0.29, 0.717) is 0 Å². The van der Waals surface area contributed by atoms with Gasteiger partial charge in [-0.3, -0.25) is 0 Å². The molecule has 0 spiro atoms. The van der Waals surface area contributed by atoms with E-state index < -0.39 is 0 Å². The molecule has 0 saturated carbocycles. The summed E-state index contributed by atoms with van der Waals surface area (Å²) in [5.41, 5.74) is 0. The van der Waals surface area contributed by atoms with Crippen molar-refractivity contribution in [1.82, 2.24) is 4.90 Å². The van der Waals surface area contributed by atoms with Crippen LogP contribution in [0.15, 0.2) is 11.1 Å². The Bertz CT molecular complexity index is 124. The van der Waals surface area contributed by atoms with Crippen molar-refractivity contribution in [3.05, 3.63) is 11.1 Å². The van der Waals surface area contributed by atoms with Crippen molar-refractivity contribution < 1.29 is 0 Å². The van der Waals surface area contributed by atoms with Gasteiger partial charge in [0.2, 0.25) is 0 Å². The predicted molar refractivity (Wildman–Crippen MR) is 38.8 cm³/mol. The summed E-state index contributed by atoms with van der Waals surface area (Å²) in [6.07, 6.45) is 2.04. The van der Waals surface area contributed by atoms with E-state index in [0.717, 1.165) is 0 Å². The zero-order valence-electron chi connectivity index (χ0n) is 4.89. The van der Waals surface area contributed by atoms with Crippen molar-refractivity contribution in [3.63, 3.8) is 0 Å². The maximum absolute atomic E-state index is 5.79. The van der Waals surface area contributed by atoms with E-state index in [4.69, 9.17) is 11.6 Å². The van der Waals surface area contributed by atoms with Crippen LogP contribution in [-0.2, 0) is 0 Å². The van der Waals surface area contributed by atoms with Gasteiger partial charge in [0.25, 0.3) is 0 Å². The van der Waals surface area contributed by atoms with E-state index in [-0.39, 0.29) is 4.83 Å². The Morgan fingerprint density at radius 3 is 2.62 bits per heavy atom. The van der Waals surface area contributed by atoms with Gasteiger partial charge in [-0.25, -0.2) is 0 Å². The molecule has 0 radical (unpaired) electrons. The van der Waals surface area contributed by atoms with Gasteiger partial charge in [0.15, 0.2) is 4.83 Å². The third-order valence-corrected chi connectivity index (χ3v) is 2.57. The van der Waals surface area contributed by atoms with Gasteiger partial charge >= 0.3 is 0 Å². The first-order chi connectivity index (χ1) is 3.70. The second-order valence-electron chi connectivity index (χ2n) is 1.82. The summed E-state index contributed by atoms with van der Waals surface area (Å²) >= 11 is 7.48. The van der Waals surface area contributed by atoms with Gasteiger partial charge in [-0.05, 0) is 6.92 Å². The number of nitrogens with zero attached hydrogens (tertiary/aromatic N) is 1. The van der Waals surface area contributed by atoms with Crippen LogP contribution in [0, 0.1) is 0 Å². The molecule has 0 aromatic rings. The Labute approximate surface area is 58.7 Å². The van der Waals surface area contributed by atoms with Crippen LogP contribution in [-0.4, -0.2) is 16.8 Å². The molecule has 0 aromatic carbocycles. The van der Waals surface area contributed by atoms with Crippen molar-refractivity contribution in [3.8, 4) is 0 Å². The normalized spacial score (nSPS) is 28.6. The van der Waals surface area contributed by atoms with Gasteiger partial charge in [0.05, 0.1) is 0 Å². The standard InChI is InChI=1S/C5H8ClNS/c1-4-3-7(2)5(6)8-4/h3,5H,1-2H3/t5-/m0/s1. The molecule has 46 valence electrons. The van der Waals surface area contributed by atoms with Crippen molar-refractivity contribution >= 4 is 23.4 Å². The molecule has 3 heteroatoms. The van der Waals surface area contributed by atoms with E-state index in [1.807, 2.05) is 18.1 Å². The second kappa shape index (κ2) is 2.19. The number of hydrogen-bond acceptors (Lipinski definition) is 2. The molecule has 1 rings (SSSR count). The van der Waals surface area contributed by atoms with Gasteiger partial charge in [0.1, 0.15) is 0 Å². The van der Waals surface area contributed by atoms with Crippen LogP contribution in [0.1, 0.15) is 6.92 Å². The molecule has 0 N–H and O–H groups in total. The molecule has 0 amide bonds. The van der Waals surface area contributed by atoms with Crippen molar-refractivity contribution in [2.45, 2.75) is 11.8 Å². The van der Waals surface area contributed by atoms with Crippen molar-refractivity contribution in [2.75, 3.05) is 7.05 Å². The largest absolute Gasteiger partial charge is 0.355 e. The third-order valence-electron chi connectivity index (χ3n) is 0.989. The Morgan fingerprint density at radius 2 is 2.50 bits per heavy atom. The minimum Gasteiger partial charge on any atom is -0.355 e. The summed E-state index contributed by atoms with van der Waals surface area (Å²) in [7, 11) is 1.97. The molecule has 0 aromatic heterocycles. The average Bonchev–Trinajstić information content (AvgIpc) is 1.85. The summed E-state index contributed by atoms with van der Waals surface area (Å²) in [5.74, 6) is 0. The highest BCUT2D eigenvalue weighted by Gasteiger charge is 2.15. The zero-order chi connectivity index (χ0) is 6.15. The van der Waals surface area contributed by atoms with Gasteiger partial charge < -0.3 is 4.90 Å². The third kappa shape index (κ3) is 1.12. The first kappa shape index (κ1) is 6.30. The Balaban J connectivity index is 2.56. The van der Waals surface area contributed by atoms with Gasteiger partial charge in [0, 0.05) is 18.2 Å². The molecule has 1 nitrogen and oxygen atoms in total. The highest BCUT2D eigenvalue weighted by molar-refractivity contribution is 8.04. The van der Waals surface area contributed by atoms with Crippen LogP contribution in [0.4, 0.5) is 0 Å². The van der Waals surface area contributed by atoms with Crippen LogP contribution in [0.3, 0.4) is 0 Å². The van der Waals surface area contributed by atoms with E-state index in [2.05, 4.69) is 6.92 Å². The first-order valence-electron chi connectivity index (χ1n) is 2.41. The molecular weight excluding hydrogens is 142 g/mol. The molecule has 0 bridgehead atoms. The fraction of sp³-hybridized carbons (Fsp3) is 0.600. The van der Waals surface area contributed by atoms with Crippen LogP contribution in [0.5, 0.6) is 0 Å². The number of hydrogen-bond donors (Lipinski definition) is 0. The molecule has 1 aliphatic heterocycles. The van der Waals surface area contributed by atoms with E-state index >= 15 is 0 Å². The monoisotopic (exact) mass is 149 g/mol. The maximum atomic E-state index is 5.79. The van der Waals surface area contributed by atoms with Crippen LogP contribution in [0.25, 0.3) is 0 Å². The van der Waals surface area contributed by atoms with E-state index in [9.17, 15) is 0 Å². The number of thioether (sulfide) groups is 1. The maximum Gasteiger partial charge on any atom is 0.154 e. The number of alkyl halides is 1. The highest BCUT2D eigenvalue weighted by atomic mass is 35.5. The van der Waals surface area contributed by atoms with Crippen molar-refractivity contribution in [2.24, 2.45) is 0 Å². The minimum atomic E-state index is 0.120. The number of halogens is 1. The van der Waals surface area contributed by atoms with Gasteiger partial charge in [-0.1, -0.05) is 23.4 Å². The SMILES string of the molecule is CC1=CN(C)[C@H](Cl)S1. The zero-order valence-corrected chi connectivity index (χ0v) is 6.46. The lowest BCUT2D eigenvalue weighted by atomic mass is 10.7. The number of allylic oxidation sites excluding steroid dienone is 1.